The van der Waals surface area contributed by atoms with Gasteiger partial charge in [0.25, 0.3) is 0 Å². The number of amides is 2. The molecule has 0 spiro atoms. The summed E-state index contributed by atoms with van der Waals surface area (Å²) in [6.07, 6.45) is 8.05. The average molecular weight is 388 g/mol. The summed E-state index contributed by atoms with van der Waals surface area (Å²) < 4.78 is 5.48. The third-order valence-corrected chi connectivity index (χ3v) is 19.6. The van der Waals surface area contributed by atoms with Crippen molar-refractivity contribution in [2.45, 2.75) is 85.4 Å². The number of nitrogens with zero attached hydrogens (tertiary/aromatic N) is 1. The van der Waals surface area contributed by atoms with Crippen molar-refractivity contribution in [1.29, 1.82) is 0 Å². The maximum atomic E-state index is 12.3. The Morgan fingerprint density at radius 3 is 1.45 bits per heavy atom. The van der Waals surface area contributed by atoms with E-state index in [1.807, 2.05) is 3.12 Å². The topological polar surface area (TPSA) is 37.4 Å². The van der Waals surface area contributed by atoms with Crippen molar-refractivity contribution in [1.82, 2.24) is 3.12 Å². The zero-order valence-corrected chi connectivity index (χ0v) is 16.4. The summed E-state index contributed by atoms with van der Waals surface area (Å²) in [7, 11) is 0. The van der Waals surface area contributed by atoms with Gasteiger partial charge in [0.05, 0.1) is 0 Å². The zero-order chi connectivity index (χ0) is 15.0. The Hall–Kier alpha value is -0.0613. The van der Waals surface area contributed by atoms with Gasteiger partial charge in [0.1, 0.15) is 0 Å². The van der Waals surface area contributed by atoms with Crippen molar-refractivity contribution in [2.24, 2.45) is 0 Å². The molecular weight excluding hydrogens is 357 g/mol. The van der Waals surface area contributed by atoms with Crippen LogP contribution in [0.4, 0.5) is 0 Å². The number of rotatable bonds is 10. The van der Waals surface area contributed by atoms with Crippen LogP contribution in [-0.4, -0.2) is 33.6 Å². The Balaban J connectivity index is 2.98. The number of unbranched alkanes of at least 4 members (excludes halogenated alkanes) is 3. The first-order valence-corrected chi connectivity index (χ1v) is 15.8. The van der Waals surface area contributed by atoms with Crippen LogP contribution in [0.5, 0.6) is 0 Å². The molecule has 20 heavy (non-hydrogen) atoms. The van der Waals surface area contributed by atoms with Gasteiger partial charge in [-0.3, -0.25) is 0 Å². The molecule has 0 aromatic rings. The minimum absolute atomic E-state index is 0.161. The van der Waals surface area contributed by atoms with E-state index in [1.54, 1.807) is 0 Å². The summed E-state index contributed by atoms with van der Waals surface area (Å²) in [6.45, 7) is 6.64. The number of carbonyl (C=O) groups excluding carboxylic acids is 2. The molecule has 0 atom stereocenters. The van der Waals surface area contributed by atoms with E-state index in [0.29, 0.717) is 12.8 Å². The summed E-state index contributed by atoms with van der Waals surface area (Å²) in [5, 5.41) is 0. The summed E-state index contributed by atoms with van der Waals surface area (Å²) in [5.74, 6) is 0.322. The maximum absolute atomic E-state index is 12.3. The molecule has 3 nitrogen and oxygen atoms in total. The normalized spacial score (nSPS) is 16.2. The zero-order valence-electron chi connectivity index (χ0n) is 13.5. The van der Waals surface area contributed by atoms with Gasteiger partial charge in [-0.05, 0) is 0 Å². The molecule has 0 bridgehead atoms. The molecule has 0 aliphatic carbocycles. The second-order valence-corrected chi connectivity index (χ2v) is 18.7. The number of carbonyl (C=O) groups is 2. The third-order valence-electron chi connectivity index (χ3n) is 4.51. The van der Waals surface area contributed by atoms with E-state index >= 15 is 0 Å². The molecule has 0 unspecified atom stereocenters. The van der Waals surface area contributed by atoms with Gasteiger partial charge in [-0.2, -0.15) is 0 Å². The van der Waals surface area contributed by atoms with Crippen molar-refractivity contribution in [3.8, 4) is 0 Å². The van der Waals surface area contributed by atoms with Crippen LogP contribution in [0.2, 0.25) is 13.3 Å². The Bertz CT molecular complexity index is 293. The van der Waals surface area contributed by atoms with E-state index in [-0.39, 0.29) is 11.8 Å². The molecule has 1 aliphatic rings. The van der Waals surface area contributed by atoms with Crippen molar-refractivity contribution in [3.05, 3.63) is 0 Å². The van der Waals surface area contributed by atoms with Crippen LogP contribution in [0.3, 0.4) is 0 Å². The molecule has 2 amide bonds. The van der Waals surface area contributed by atoms with Gasteiger partial charge in [-0.25, -0.2) is 0 Å². The molecule has 1 heterocycles. The quantitative estimate of drug-likeness (QED) is 0.409. The van der Waals surface area contributed by atoms with Gasteiger partial charge in [0, 0.05) is 0 Å². The van der Waals surface area contributed by atoms with Gasteiger partial charge in [0.2, 0.25) is 0 Å². The molecule has 0 N–H and O–H groups in total. The molecule has 0 aromatic carbocycles. The molecular formula is C16H31NO2Sn. The predicted octanol–water partition coefficient (Wildman–Crippen LogP) is 4.48. The van der Waals surface area contributed by atoms with E-state index in [4.69, 9.17) is 0 Å². The molecule has 0 saturated carbocycles. The Labute approximate surface area is 128 Å². The molecule has 116 valence electrons. The van der Waals surface area contributed by atoms with Gasteiger partial charge < -0.3 is 0 Å². The molecule has 1 fully saturated rings. The van der Waals surface area contributed by atoms with Crippen LogP contribution in [-0.2, 0) is 9.59 Å². The Morgan fingerprint density at radius 1 is 0.800 bits per heavy atom. The van der Waals surface area contributed by atoms with Crippen LogP contribution in [0.15, 0.2) is 0 Å². The van der Waals surface area contributed by atoms with Crippen molar-refractivity contribution in [3.63, 3.8) is 0 Å². The van der Waals surface area contributed by atoms with Gasteiger partial charge in [0.15, 0.2) is 0 Å². The van der Waals surface area contributed by atoms with Crippen LogP contribution in [0.25, 0.3) is 0 Å². The molecule has 0 aromatic heterocycles. The Kier molecular flexibility index (Phi) is 8.15. The second-order valence-electron chi connectivity index (χ2n) is 6.16. The van der Waals surface area contributed by atoms with Crippen LogP contribution in [0.1, 0.15) is 72.1 Å². The van der Waals surface area contributed by atoms with Crippen LogP contribution >= 0.6 is 0 Å². The molecule has 0 radical (unpaired) electrons. The molecule has 4 heteroatoms. The molecule has 1 saturated heterocycles. The van der Waals surface area contributed by atoms with E-state index in [1.165, 1.54) is 51.8 Å². The Morgan fingerprint density at radius 2 is 1.15 bits per heavy atom. The first-order valence-electron chi connectivity index (χ1n) is 8.47. The summed E-state index contributed by atoms with van der Waals surface area (Å²) in [4.78, 5) is 24.6. The summed E-state index contributed by atoms with van der Waals surface area (Å²) in [5.41, 5.74) is 0. The van der Waals surface area contributed by atoms with Crippen molar-refractivity contribution >= 4 is 30.5 Å². The monoisotopic (exact) mass is 389 g/mol. The number of hydrogen-bond donors (Lipinski definition) is 0. The van der Waals surface area contributed by atoms with Crippen LogP contribution < -0.4 is 0 Å². The second kappa shape index (κ2) is 9.06. The minimum atomic E-state index is -2.80. The van der Waals surface area contributed by atoms with Crippen molar-refractivity contribution in [2.75, 3.05) is 0 Å². The van der Waals surface area contributed by atoms with Crippen LogP contribution in [0, 0.1) is 0 Å². The SMILES string of the molecule is CCC[CH2][Sn]([CH2]CCC)([CH2]CCC)[N]1C(=O)CCC1=O. The number of hydrogen-bond acceptors (Lipinski definition) is 2. The number of imide groups is 1. The summed E-state index contributed by atoms with van der Waals surface area (Å²) in [6, 6.07) is 0. The first kappa shape index (κ1) is 18.0. The predicted molar refractivity (Wildman–Crippen MR) is 86.0 cm³/mol. The van der Waals surface area contributed by atoms with Gasteiger partial charge in [-0.1, -0.05) is 0 Å². The van der Waals surface area contributed by atoms with E-state index in [9.17, 15) is 9.59 Å². The van der Waals surface area contributed by atoms with E-state index < -0.39 is 18.7 Å². The first-order chi connectivity index (χ1) is 9.61. The standard InChI is InChI=1S/C4H5NO2.3C4H9.Sn/c6-3-1-2-4(7)5-3;3*1-3-4-2;/h1-2H2,(H,5,6,7);3*1,3-4H2,2H3;/q;;;;+1/p-1. The van der Waals surface area contributed by atoms with E-state index in [0.717, 1.165) is 0 Å². The average Bonchev–Trinajstić information content (AvgIpc) is 2.79. The summed E-state index contributed by atoms with van der Waals surface area (Å²) >= 11 is -2.80. The fraction of sp³-hybridized carbons (Fsp3) is 0.875. The third kappa shape index (κ3) is 4.47. The van der Waals surface area contributed by atoms with E-state index in [2.05, 4.69) is 20.8 Å². The fourth-order valence-corrected chi connectivity index (χ4v) is 19.7. The van der Waals surface area contributed by atoms with Crippen molar-refractivity contribution < 1.29 is 9.59 Å². The van der Waals surface area contributed by atoms with Gasteiger partial charge in [-0.15, -0.1) is 0 Å². The molecule has 1 rings (SSSR count). The fourth-order valence-electron chi connectivity index (χ4n) is 3.33. The van der Waals surface area contributed by atoms with Gasteiger partial charge >= 0.3 is 129 Å². The molecule has 1 aliphatic heterocycles.